The Balaban J connectivity index is 1.19. The van der Waals surface area contributed by atoms with Crippen LogP contribution in [-0.4, -0.2) is 134 Å². The average Bonchev–Trinajstić information content (AvgIpc) is 3.25. The van der Waals surface area contributed by atoms with Gasteiger partial charge in [0.1, 0.15) is 6.04 Å². The Hall–Kier alpha value is -1.30. The first-order valence-electron chi connectivity index (χ1n) is 15.5. The van der Waals surface area contributed by atoms with Crippen molar-refractivity contribution in [2.75, 3.05) is 78.8 Å². The highest BCUT2D eigenvalue weighted by molar-refractivity contribution is 5.88. The minimum Gasteiger partial charge on any atom is -0.380 e. The largest absolute Gasteiger partial charge is 0.380 e. The molecule has 5 aliphatic rings. The van der Waals surface area contributed by atoms with Gasteiger partial charge in [-0.15, -0.1) is 0 Å². The first kappa shape index (κ1) is 29.2. The van der Waals surface area contributed by atoms with E-state index in [4.69, 9.17) is 9.47 Å². The first-order chi connectivity index (χ1) is 18.7. The van der Waals surface area contributed by atoms with Crippen molar-refractivity contribution < 1.29 is 19.1 Å². The zero-order valence-corrected chi connectivity index (χ0v) is 24.7. The summed E-state index contributed by atoms with van der Waals surface area (Å²) in [4.78, 5) is 34.4. The number of amides is 2. The van der Waals surface area contributed by atoms with Crippen LogP contribution in [0.3, 0.4) is 0 Å². The molecule has 0 aliphatic carbocycles. The van der Waals surface area contributed by atoms with Crippen LogP contribution in [0.4, 0.5) is 0 Å². The lowest BCUT2D eigenvalue weighted by atomic mass is 9.76. The fourth-order valence-electron chi connectivity index (χ4n) is 6.69. The molecule has 0 radical (unpaired) electrons. The van der Waals surface area contributed by atoms with Gasteiger partial charge in [0.2, 0.25) is 5.91 Å². The summed E-state index contributed by atoms with van der Waals surface area (Å²) in [6.07, 6.45) is 4.29. The second-order valence-corrected chi connectivity index (χ2v) is 13.4. The Bertz CT molecular complexity index is 836. The van der Waals surface area contributed by atoms with Gasteiger partial charge in [-0.1, -0.05) is 20.8 Å². The van der Waals surface area contributed by atoms with Gasteiger partial charge in [-0.3, -0.25) is 29.3 Å². The summed E-state index contributed by atoms with van der Waals surface area (Å²) in [6, 6.07) is 0.235. The Labute approximate surface area is 235 Å². The van der Waals surface area contributed by atoms with Gasteiger partial charge in [0, 0.05) is 56.8 Å². The molecule has 1 unspecified atom stereocenters. The molecule has 5 heterocycles. The Morgan fingerprint density at radius 3 is 2.41 bits per heavy atom. The molecule has 5 fully saturated rings. The molecule has 0 aromatic heterocycles. The van der Waals surface area contributed by atoms with Crippen LogP contribution >= 0.6 is 0 Å². The predicted octanol–water partition coefficient (Wildman–Crippen LogP) is 0.776. The predicted molar refractivity (Wildman–Crippen MR) is 150 cm³/mol. The van der Waals surface area contributed by atoms with Crippen LogP contribution in [0.15, 0.2) is 0 Å². The van der Waals surface area contributed by atoms with Crippen LogP contribution in [-0.2, 0) is 19.1 Å². The molecule has 10 nitrogen and oxygen atoms in total. The smallest absolute Gasteiger partial charge is 0.260 e. The van der Waals surface area contributed by atoms with Crippen LogP contribution in [0, 0.1) is 17.3 Å². The number of ether oxygens (including phenoxy) is 2. The Kier molecular flexibility index (Phi) is 9.51. The van der Waals surface area contributed by atoms with Gasteiger partial charge in [-0.2, -0.15) is 0 Å². The molecule has 0 aromatic rings. The lowest BCUT2D eigenvalue weighted by Crippen LogP contribution is -2.72. The summed E-state index contributed by atoms with van der Waals surface area (Å²) in [5.41, 5.74) is 3.52. The van der Waals surface area contributed by atoms with Crippen molar-refractivity contribution in [3.05, 3.63) is 0 Å². The molecule has 2 N–H and O–H groups in total. The fourth-order valence-corrected chi connectivity index (χ4v) is 6.69. The van der Waals surface area contributed by atoms with Crippen LogP contribution in [0.25, 0.3) is 0 Å². The van der Waals surface area contributed by atoms with Crippen molar-refractivity contribution in [3.63, 3.8) is 0 Å². The third-order valence-electron chi connectivity index (χ3n) is 10.0. The van der Waals surface area contributed by atoms with Crippen molar-refractivity contribution in [1.29, 1.82) is 0 Å². The van der Waals surface area contributed by atoms with E-state index in [1.54, 1.807) is 5.01 Å². The number of hydrogen-bond donors (Lipinski definition) is 2. The van der Waals surface area contributed by atoms with Crippen molar-refractivity contribution in [1.82, 2.24) is 30.5 Å². The normalized spacial score (nSPS) is 28.2. The summed E-state index contributed by atoms with van der Waals surface area (Å²) in [5.74, 6) is 1.20. The zero-order valence-electron chi connectivity index (χ0n) is 24.7. The molecule has 2 amide bonds. The lowest BCUT2D eigenvalue weighted by molar-refractivity contribution is -0.200. The van der Waals surface area contributed by atoms with E-state index in [1.165, 1.54) is 0 Å². The van der Waals surface area contributed by atoms with Gasteiger partial charge in [0.25, 0.3) is 5.91 Å². The van der Waals surface area contributed by atoms with E-state index in [0.717, 1.165) is 91.4 Å². The maximum atomic E-state index is 13.6. The maximum absolute atomic E-state index is 13.6. The van der Waals surface area contributed by atoms with E-state index in [2.05, 4.69) is 53.1 Å². The highest BCUT2D eigenvalue weighted by atomic mass is 16.5. The molecule has 5 saturated heterocycles. The van der Waals surface area contributed by atoms with E-state index in [0.29, 0.717) is 37.0 Å². The van der Waals surface area contributed by atoms with Gasteiger partial charge in [-0.05, 0) is 51.0 Å². The monoisotopic (exact) mass is 548 g/mol. The van der Waals surface area contributed by atoms with Crippen molar-refractivity contribution in [3.8, 4) is 0 Å². The average molecular weight is 549 g/mol. The maximum Gasteiger partial charge on any atom is 0.260 e. The second-order valence-electron chi connectivity index (χ2n) is 13.4. The number of hydrogen-bond acceptors (Lipinski definition) is 8. The third-order valence-corrected chi connectivity index (χ3v) is 10.0. The van der Waals surface area contributed by atoms with Gasteiger partial charge >= 0.3 is 0 Å². The number of nitrogens with one attached hydrogen (secondary N) is 2. The number of nitrogens with zero attached hydrogens (tertiary/aromatic N) is 4. The van der Waals surface area contributed by atoms with Crippen LogP contribution in [0.2, 0.25) is 0 Å². The van der Waals surface area contributed by atoms with Crippen LogP contribution in [0.5, 0.6) is 0 Å². The third kappa shape index (κ3) is 6.79. The summed E-state index contributed by atoms with van der Waals surface area (Å²) in [5, 5.41) is 4.94. The van der Waals surface area contributed by atoms with E-state index in [9.17, 15) is 9.59 Å². The Morgan fingerprint density at radius 1 is 1.05 bits per heavy atom. The molecule has 39 heavy (non-hydrogen) atoms. The summed E-state index contributed by atoms with van der Waals surface area (Å²) < 4.78 is 11.0. The van der Waals surface area contributed by atoms with Gasteiger partial charge < -0.3 is 14.8 Å². The van der Waals surface area contributed by atoms with E-state index in [-0.39, 0.29) is 23.3 Å². The van der Waals surface area contributed by atoms with E-state index < -0.39 is 6.04 Å². The van der Waals surface area contributed by atoms with Crippen LogP contribution in [0.1, 0.15) is 53.4 Å². The molecule has 5 aliphatic heterocycles. The molecule has 10 heteroatoms. The molecule has 1 spiro atoms. The van der Waals surface area contributed by atoms with Crippen molar-refractivity contribution >= 4 is 11.8 Å². The molecule has 5 rings (SSSR count). The van der Waals surface area contributed by atoms with E-state index in [1.807, 2.05) is 0 Å². The van der Waals surface area contributed by atoms with Gasteiger partial charge in [-0.25, -0.2) is 5.43 Å². The first-order valence-corrected chi connectivity index (χ1v) is 15.5. The molecule has 0 saturated carbocycles. The molecular formula is C29H52N6O4. The molecule has 222 valence electrons. The van der Waals surface area contributed by atoms with Gasteiger partial charge in [0.05, 0.1) is 39.0 Å². The lowest BCUT2D eigenvalue weighted by Gasteiger charge is -2.57. The molecule has 4 atom stereocenters. The highest BCUT2D eigenvalue weighted by Gasteiger charge is 2.52. The Morgan fingerprint density at radius 2 is 1.82 bits per heavy atom. The second kappa shape index (κ2) is 12.7. The standard InChI is InChI=1S/C29H52N6O4/c1-21(2)22(3)12-33(25-15-38-16-25)13-24-8-7-10-32(24)14-26(36)31-27(28(37)35-11-6-5-9-30-35)23(4)34-17-29(18-34)19-39-20-29/h21-25,27,30H,5-20H2,1-4H3,(H,31,36)/t22?,23-,24+,27+/m1/s1. The SMILES string of the molecule is CC(C)C(C)CN(C[C@@H]1CCCN1CC(=O)N[C@H](C(=O)N1CCCCN1)[C@@H](C)N1CC2(COC2)C1)C1COC1. The van der Waals surface area contributed by atoms with Crippen molar-refractivity contribution in [2.24, 2.45) is 17.3 Å². The molecule has 0 bridgehead atoms. The quantitative estimate of drug-likeness (QED) is 0.370. The van der Waals surface area contributed by atoms with Crippen molar-refractivity contribution in [2.45, 2.75) is 77.5 Å². The minimum atomic E-state index is -0.557. The topological polar surface area (TPSA) is 89.6 Å². The number of carbonyl (C=O) groups is 2. The molecular weight excluding hydrogens is 496 g/mol. The number of hydrazine groups is 1. The van der Waals surface area contributed by atoms with Gasteiger partial charge in [0.15, 0.2) is 0 Å². The fraction of sp³-hybridized carbons (Fsp3) is 0.931. The molecule has 0 aromatic carbocycles. The minimum absolute atomic E-state index is 0.0156. The summed E-state index contributed by atoms with van der Waals surface area (Å²) in [7, 11) is 0. The zero-order chi connectivity index (χ0) is 27.6. The number of likely N-dealkylation sites (tertiary alicyclic amines) is 2. The summed E-state index contributed by atoms with van der Waals surface area (Å²) in [6.45, 7) is 19.0. The highest BCUT2D eigenvalue weighted by Crippen LogP contribution is 2.39. The number of rotatable bonds is 12. The summed E-state index contributed by atoms with van der Waals surface area (Å²) >= 11 is 0. The number of carbonyl (C=O) groups excluding carboxylic acids is 2. The van der Waals surface area contributed by atoms with Crippen LogP contribution < -0.4 is 10.7 Å². The van der Waals surface area contributed by atoms with E-state index >= 15 is 0 Å².